The molecule has 0 atom stereocenters. The second kappa shape index (κ2) is 5.48. The van der Waals surface area contributed by atoms with Crippen LogP contribution in [-0.2, 0) is 6.42 Å². The Labute approximate surface area is 123 Å². The fourth-order valence-corrected chi connectivity index (χ4v) is 2.75. The number of carbonyl (C=O) groups excluding carboxylic acids is 1. The maximum atomic E-state index is 12.7. The highest BCUT2D eigenvalue weighted by atomic mass is 16.3. The first-order valence-corrected chi connectivity index (χ1v) is 7.09. The molecule has 2 aromatic rings. The first-order valence-electron chi connectivity index (χ1n) is 7.09. The summed E-state index contributed by atoms with van der Waals surface area (Å²) >= 11 is 0. The van der Waals surface area contributed by atoms with Gasteiger partial charge in [0, 0.05) is 12.2 Å². The van der Waals surface area contributed by atoms with Crippen LogP contribution in [0.1, 0.15) is 28.8 Å². The molecule has 0 saturated carbocycles. The summed E-state index contributed by atoms with van der Waals surface area (Å²) in [5, 5.41) is 19.5. The quantitative estimate of drug-likeness (QED) is 0.791. The predicted molar refractivity (Wildman–Crippen MR) is 80.8 cm³/mol. The summed E-state index contributed by atoms with van der Waals surface area (Å²) in [5.74, 6) is -0.911. The molecule has 108 valence electrons. The molecular formula is C17H17NO3. The number of benzene rings is 2. The zero-order chi connectivity index (χ0) is 14.8. The van der Waals surface area contributed by atoms with Crippen LogP contribution in [0.15, 0.2) is 42.5 Å². The Balaban J connectivity index is 2.03. The van der Waals surface area contributed by atoms with Gasteiger partial charge in [-0.1, -0.05) is 24.3 Å². The summed E-state index contributed by atoms with van der Waals surface area (Å²) in [6.07, 6.45) is 2.90. The van der Waals surface area contributed by atoms with Crippen molar-refractivity contribution in [3.63, 3.8) is 0 Å². The lowest BCUT2D eigenvalue weighted by Gasteiger charge is -2.23. The maximum absolute atomic E-state index is 12.7. The van der Waals surface area contributed by atoms with Crippen LogP contribution in [0.5, 0.6) is 11.5 Å². The minimum atomic E-state index is -0.357. The van der Waals surface area contributed by atoms with Crippen LogP contribution in [-0.4, -0.2) is 22.7 Å². The standard InChI is InChI=1S/C17H17NO3/c19-15-10-5-8-13(16(15)20)17(21)18-11-4-3-7-12-6-1-2-9-14(12)18/h1-2,5-6,8-10,19-20H,3-4,7,11H2. The highest BCUT2D eigenvalue weighted by molar-refractivity contribution is 6.08. The van der Waals surface area contributed by atoms with Gasteiger partial charge >= 0.3 is 0 Å². The number of fused-ring (bicyclic) bond motifs is 1. The van der Waals surface area contributed by atoms with E-state index < -0.39 is 0 Å². The molecule has 4 nitrogen and oxygen atoms in total. The highest BCUT2D eigenvalue weighted by Gasteiger charge is 2.24. The zero-order valence-electron chi connectivity index (χ0n) is 11.6. The SMILES string of the molecule is O=C(c1cccc(O)c1O)N1CCCCc2ccccc21. The van der Waals surface area contributed by atoms with E-state index in [1.807, 2.05) is 24.3 Å². The Morgan fingerprint density at radius 1 is 1.00 bits per heavy atom. The first kappa shape index (κ1) is 13.5. The number of phenols is 2. The van der Waals surface area contributed by atoms with E-state index in [0.29, 0.717) is 6.54 Å². The van der Waals surface area contributed by atoms with E-state index >= 15 is 0 Å². The molecule has 0 saturated heterocycles. The monoisotopic (exact) mass is 283 g/mol. The lowest BCUT2D eigenvalue weighted by molar-refractivity contribution is 0.0983. The van der Waals surface area contributed by atoms with E-state index in [1.165, 1.54) is 12.1 Å². The fraction of sp³-hybridized carbons (Fsp3) is 0.235. The Hall–Kier alpha value is -2.49. The zero-order valence-corrected chi connectivity index (χ0v) is 11.6. The molecule has 2 N–H and O–H groups in total. The van der Waals surface area contributed by atoms with Gasteiger partial charge in [-0.05, 0) is 43.0 Å². The van der Waals surface area contributed by atoms with Gasteiger partial charge in [-0.25, -0.2) is 0 Å². The van der Waals surface area contributed by atoms with Crippen molar-refractivity contribution < 1.29 is 15.0 Å². The summed E-state index contributed by atoms with van der Waals surface area (Å²) in [5.41, 5.74) is 2.16. The number of para-hydroxylation sites is 2. The average Bonchev–Trinajstić information content (AvgIpc) is 2.72. The third-order valence-electron chi connectivity index (χ3n) is 3.85. The molecule has 1 amide bonds. The smallest absolute Gasteiger partial charge is 0.262 e. The van der Waals surface area contributed by atoms with E-state index in [9.17, 15) is 15.0 Å². The van der Waals surface area contributed by atoms with Crippen molar-refractivity contribution in [2.45, 2.75) is 19.3 Å². The molecule has 1 aliphatic heterocycles. The minimum absolute atomic E-state index is 0.131. The number of phenolic OH excluding ortho intramolecular Hbond substituents is 2. The molecular weight excluding hydrogens is 266 g/mol. The van der Waals surface area contributed by atoms with Crippen molar-refractivity contribution in [2.24, 2.45) is 0 Å². The molecule has 0 radical (unpaired) electrons. The average molecular weight is 283 g/mol. The third kappa shape index (κ3) is 2.44. The van der Waals surface area contributed by atoms with Crippen LogP contribution in [0.2, 0.25) is 0 Å². The Bertz CT molecular complexity index is 681. The lowest BCUT2D eigenvalue weighted by Crippen LogP contribution is -2.31. The third-order valence-corrected chi connectivity index (χ3v) is 3.85. The Morgan fingerprint density at radius 2 is 1.81 bits per heavy atom. The topological polar surface area (TPSA) is 60.8 Å². The molecule has 0 fully saturated rings. The van der Waals surface area contributed by atoms with E-state index in [-0.39, 0.29) is 23.0 Å². The maximum Gasteiger partial charge on any atom is 0.262 e. The summed E-state index contributed by atoms with van der Waals surface area (Å²) in [7, 11) is 0. The van der Waals surface area contributed by atoms with E-state index in [1.54, 1.807) is 11.0 Å². The second-order valence-electron chi connectivity index (χ2n) is 5.22. The summed E-state index contributed by atoms with van der Waals surface area (Å²) in [4.78, 5) is 14.4. The first-order chi connectivity index (χ1) is 10.2. The van der Waals surface area contributed by atoms with E-state index in [4.69, 9.17) is 0 Å². The Morgan fingerprint density at radius 3 is 2.67 bits per heavy atom. The van der Waals surface area contributed by atoms with Gasteiger partial charge in [-0.3, -0.25) is 4.79 Å². The van der Waals surface area contributed by atoms with Gasteiger partial charge in [0.05, 0.1) is 5.56 Å². The number of carbonyl (C=O) groups is 1. The van der Waals surface area contributed by atoms with Crippen molar-refractivity contribution in [1.29, 1.82) is 0 Å². The van der Waals surface area contributed by atoms with Gasteiger partial charge in [0.25, 0.3) is 5.91 Å². The number of anilines is 1. The largest absolute Gasteiger partial charge is 0.504 e. The molecule has 4 heteroatoms. The van der Waals surface area contributed by atoms with Gasteiger partial charge in [-0.15, -0.1) is 0 Å². The fourth-order valence-electron chi connectivity index (χ4n) is 2.75. The second-order valence-corrected chi connectivity index (χ2v) is 5.22. The number of aromatic hydroxyl groups is 2. The van der Waals surface area contributed by atoms with Crippen molar-refractivity contribution in [3.8, 4) is 11.5 Å². The van der Waals surface area contributed by atoms with Crippen LogP contribution in [0.4, 0.5) is 5.69 Å². The van der Waals surface area contributed by atoms with Gasteiger partial charge < -0.3 is 15.1 Å². The van der Waals surface area contributed by atoms with Gasteiger partial charge in [-0.2, -0.15) is 0 Å². The summed E-state index contributed by atoms with van der Waals surface area (Å²) in [6.45, 7) is 0.616. The normalized spacial score (nSPS) is 14.4. The minimum Gasteiger partial charge on any atom is -0.504 e. The Kier molecular flexibility index (Phi) is 3.52. The van der Waals surface area contributed by atoms with Gasteiger partial charge in [0.1, 0.15) is 0 Å². The van der Waals surface area contributed by atoms with Crippen LogP contribution in [0.3, 0.4) is 0 Å². The van der Waals surface area contributed by atoms with E-state index in [2.05, 4.69) is 0 Å². The predicted octanol–water partition coefficient (Wildman–Crippen LogP) is 3.08. The molecule has 2 aromatic carbocycles. The lowest BCUT2D eigenvalue weighted by atomic mass is 10.1. The summed E-state index contributed by atoms with van der Waals surface area (Å²) < 4.78 is 0. The molecule has 0 aromatic heterocycles. The molecule has 21 heavy (non-hydrogen) atoms. The van der Waals surface area contributed by atoms with Crippen LogP contribution in [0.25, 0.3) is 0 Å². The van der Waals surface area contributed by atoms with Gasteiger partial charge in [0.2, 0.25) is 0 Å². The van der Waals surface area contributed by atoms with Crippen LogP contribution in [0, 0.1) is 0 Å². The van der Waals surface area contributed by atoms with Crippen LogP contribution >= 0.6 is 0 Å². The molecule has 1 heterocycles. The highest BCUT2D eigenvalue weighted by Crippen LogP contribution is 2.32. The van der Waals surface area contributed by atoms with Crippen molar-refractivity contribution >= 4 is 11.6 Å². The molecule has 0 aliphatic carbocycles. The molecule has 0 unspecified atom stereocenters. The summed E-state index contributed by atoms with van der Waals surface area (Å²) in [6, 6.07) is 12.3. The number of rotatable bonds is 1. The number of amides is 1. The van der Waals surface area contributed by atoms with Crippen molar-refractivity contribution in [3.05, 3.63) is 53.6 Å². The molecule has 0 spiro atoms. The number of nitrogens with zero attached hydrogens (tertiary/aromatic N) is 1. The van der Waals surface area contributed by atoms with Crippen molar-refractivity contribution in [1.82, 2.24) is 0 Å². The van der Waals surface area contributed by atoms with E-state index in [0.717, 1.165) is 30.5 Å². The van der Waals surface area contributed by atoms with Crippen molar-refractivity contribution in [2.75, 3.05) is 11.4 Å². The molecule has 0 bridgehead atoms. The molecule has 3 rings (SSSR count). The van der Waals surface area contributed by atoms with Gasteiger partial charge in [0.15, 0.2) is 11.5 Å². The number of hydrogen-bond donors (Lipinski definition) is 2. The molecule has 1 aliphatic rings. The number of aryl methyl sites for hydroxylation is 1. The van der Waals surface area contributed by atoms with Crippen LogP contribution < -0.4 is 4.90 Å². The number of hydrogen-bond acceptors (Lipinski definition) is 3.